The van der Waals surface area contributed by atoms with Crippen molar-refractivity contribution in [3.8, 4) is 11.1 Å². The number of carbonyl (C=O) groups is 3. The highest BCUT2D eigenvalue weighted by Crippen LogP contribution is 2.44. The smallest absolute Gasteiger partial charge is 0.407 e. The number of carbonyl (C=O) groups excluding carboxylic acids is 2. The van der Waals surface area contributed by atoms with Crippen molar-refractivity contribution in [3.63, 3.8) is 0 Å². The van der Waals surface area contributed by atoms with E-state index in [1.165, 1.54) is 0 Å². The van der Waals surface area contributed by atoms with Crippen LogP contribution in [0.5, 0.6) is 0 Å². The lowest BCUT2D eigenvalue weighted by Gasteiger charge is -2.26. The summed E-state index contributed by atoms with van der Waals surface area (Å²) >= 11 is 0. The molecule has 4 rings (SSSR count). The van der Waals surface area contributed by atoms with E-state index in [1.54, 1.807) is 6.92 Å². The SMILES string of the molecule is CC(CCCC(C)C(=O)O)NC(=O)C(CN(C)Cc1ccccc1)NC(=O)OCC1c2ccccc2-c2ccccc21. The summed E-state index contributed by atoms with van der Waals surface area (Å²) in [5, 5.41) is 14.9. The fourth-order valence-electron chi connectivity index (χ4n) is 5.52. The maximum Gasteiger partial charge on any atom is 0.407 e. The summed E-state index contributed by atoms with van der Waals surface area (Å²) in [5.74, 6) is -1.63. The van der Waals surface area contributed by atoms with Crippen LogP contribution < -0.4 is 10.6 Å². The highest BCUT2D eigenvalue weighted by atomic mass is 16.5. The Balaban J connectivity index is 1.38. The maximum absolute atomic E-state index is 13.4. The van der Waals surface area contributed by atoms with E-state index in [0.717, 1.165) is 27.8 Å². The van der Waals surface area contributed by atoms with Gasteiger partial charge in [-0.15, -0.1) is 0 Å². The number of nitrogens with one attached hydrogen (secondary N) is 2. The van der Waals surface area contributed by atoms with Crippen LogP contribution in [-0.4, -0.2) is 60.3 Å². The fraction of sp³-hybridized carbons (Fsp3) is 0.382. The Hall–Kier alpha value is -4.17. The van der Waals surface area contributed by atoms with E-state index in [2.05, 4.69) is 34.9 Å². The molecular weight excluding hydrogens is 530 g/mol. The number of carboxylic acids is 1. The predicted octanol–water partition coefficient (Wildman–Crippen LogP) is 5.42. The Morgan fingerprint density at radius 2 is 1.45 bits per heavy atom. The van der Waals surface area contributed by atoms with Crippen LogP contribution in [0, 0.1) is 5.92 Å². The number of fused-ring (bicyclic) bond motifs is 3. The van der Waals surface area contributed by atoms with Crippen LogP contribution in [0.4, 0.5) is 4.79 Å². The molecule has 2 amide bonds. The first-order valence-electron chi connectivity index (χ1n) is 14.6. The van der Waals surface area contributed by atoms with Gasteiger partial charge in [-0.3, -0.25) is 14.5 Å². The molecule has 1 aliphatic rings. The second kappa shape index (κ2) is 14.6. The quantitative estimate of drug-likeness (QED) is 0.239. The molecule has 0 radical (unpaired) electrons. The molecular formula is C34H41N3O5. The Kier molecular flexibility index (Phi) is 10.7. The molecule has 0 bridgehead atoms. The molecule has 1 aliphatic carbocycles. The number of amides is 2. The van der Waals surface area contributed by atoms with Crippen molar-refractivity contribution in [1.29, 1.82) is 0 Å². The molecule has 222 valence electrons. The summed E-state index contributed by atoms with van der Waals surface area (Å²) in [6.45, 7) is 4.63. The third-order valence-corrected chi connectivity index (χ3v) is 7.83. The van der Waals surface area contributed by atoms with E-state index in [9.17, 15) is 14.4 Å². The lowest BCUT2D eigenvalue weighted by atomic mass is 9.98. The molecule has 0 saturated heterocycles. The Labute approximate surface area is 248 Å². The van der Waals surface area contributed by atoms with Crippen molar-refractivity contribution in [2.24, 2.45) is 5.92 Å². The van der Waals surface area contributed by atoms with Crippen LogP contribution in [0.3, 0.4) is 0 Å². The molecule has 8 heteroatoms. The van der Waals surface area contributed by atoms with Crippen molar-refractivity contribution < 1.29 is 24.2 Å². The lowest BCUT2D eigenvalue weighted by Crippen LogP contribution is -2.53. The number of hydrogen-bond acceptors (Lipinski definition) is 5. The summed E-state index contributed by atoms with van der Waals surface area (Å²) in [5.41, 5.74) is 5.63. The van der Waals surface area contributed by atoms with Gasteiger partial charge in [-0.2, -0.15) is 0 Å². The van der Waals surface area contributed by atoms with Gasteiger partial charge < -0.3 is 20.5 Å². The van der Waals surface area contributed by atoms with Crippen LogP contribution in [-0.2, 0) is 20.9 Å². The van der Waals surface area contributed by atoms with E-state index < -0.39 is 24.0 Å². The van der Waals surface area contributed by atoms with Gasteiger partial charge in [-0.25, -0.2) is 4.79 Å². The second-order valence-electron chi connectivity index (χ2n) is 11.3. The van der Waals surface area contributed by atoms with Crippen molar-refractivity contribution in [2.45, 2.75) is 57.7 Å². The van der Waals surface area contributed by atoms with Gasteiger partial charge in [-0.05, 0) is 54.6 Å². The van der Waals surface area contributed by atoms with E-state index in [4.69, 9.17) is 9.84 Å². The molecule has 3 aromatic rings. The Morgan fingerprint density at radius 3 is 2.07 bits per heavy atom. The zero-order chi connectivity index (χ0) is 30.1. The van der Waals surface area contributed by atoms with Gasteiger partial charge >= 0.3 is 12.1 Å². The molecule has 3 unspecified atom stereocenters. The molecule has 3 aromatic carbocycles. The molecule has 0 aliphatic heterocycles. The first kappa shape index (κ1) is 30.8. The first-order valence-corrected chi connectivity index (χ1v) is 14.6. The van der Waals surface area contributed by atoms with Gasteiger partial charge in [-0.1, -0.05) is 92.2 Å². The molecule has 8 nitrogen and oxygen atoms in total. The number of rotatable bonds is 14. The average molecular weight is 572 g/mol. The minimum Gasteiger partial charge on any atom is -0.481 e. The normalized spacial score (nSPS) is 14.4. The van der Waals surface area contributed by atoms with Crippen molar-refractivity contribution in [3.05, 3.63) is 95.6 Å². The lowest BCUT2D eigenvalue weighted by molar-refractivity contribution is -0.141. The zero-order valence-corrected chi connectivity index (χ0v) is 24.6. The standard InChI is InChI=1S/C34H41N3O5/c1-23(33(39)40)12-11-13-24(2)35-32(38)31(21-37(3)20-25-14-5-4-6-15-25)36-34(41)42-22-30-28-18-9-7-16-26(28)27-17-8-10-19-29(27)30/h4-10,14-19,23-24,30-31H,11-13,20-22H2,1-3H3,(H,35,38)(H,36,41)(H,39,40). The highest BCUT2D eigenvalue weighted by molar-refractivity contribution is 5.86. The van der Waals surface area contributed by atoms with Crippen LogP contribution in [0.25, 0.3) is 11.1 Å². The number of likely N-dealkylation sites (N-methyl/N-ethyl adjacent to an activating group) is 1. The summed E-state index contributed by atoms with van der Waals surface area (Å²) in [6.07, 6.45) is 1.21. The summed E-state index contributed by atoms with van der Waals surface area (Å²) in [4.78, 5) is 39.6. The number of alkyl carbamates (subject to hydrolysis) is 1. The Morgan fingerprint density at radius 1 is 0.857 bits per heavy atom. The molecule has 0 spiro atoms. The number of aliphatic carboxylic acids is 1. The summed E-state index contributed by atoms with van der Waals surface area (Å²) in [7, 11) is 1.91. The van der Waals surface area contributed by atoms with Gasteiger partial charge in [0.1, 0.15) is 12.6 Å². The van der Waals surface area contributed by atoms with E-state index in [-0.39, 0.29) is 31.0 Å². The topological polar surface area (TPSA) is 108 Å². The van der Waals surface area contributed by atoms with Gasteiger partial charge in [0.05, 0.1) is 5.92 Å². The fourth-order valence-corrected chi connectivity index (χ4v) is 5.52. The molecule has 42 heavy (non-hydrogen) atoms. The van der Waals surface area contributed by atoms with Gasteiger partial charge in [0.25, 0.3) is 0 Å². The summed E-state index contributed by atoms with van der Waals surface area (Å²) in [6, 6.07) is 25.2. The number of hydrogen-bond donors (Lipinski definition) is 3. The third-order valence-electron chi connectivity index (χ3n) is 7.83. The monoisotopic (exact) mass is 571 g/mol. The molecule has 0 aromatic heterocycles. The number of ether oxygens (including phenoxy) is 1. The predicted molar refractivity (Wildman–Crippen MR) is 163 cm³/mol. The number of nitrogens with zero attached hydrogens (tertiary/aromatic N) is 1. The Bertz CT molecular complexity index is 1320. The maximum atomic E-state index is 13.4. The first-order chi connectivity index (χ1) is 20.2. The van der Waals surface area contributed by atoms with E-state index in [1.807, 2.05) is 73.5 Å². The second-order valence-corrected chi connectivity index (χ2v) is 11.3. The van der Waals surface area contributed by atoms with Crippen molar-refractivity contribution in [2.75, 3.05) is 20.2 Å². The third kappa shape index (κ3) is 8.19. The van der Waals surface area contributed by atoms with Crippen LogP contribution in [0.1, 0.15) is 55.7 Å². The molecule has 0 saturated carbocycles. The summed E-state index contributed by atoms with van der Waals surface area (Å²) < 4.78 is 5.73. The highest BCUT2D eigenvalue weighted by Gasteiger charge is 2.30. The van der Waals surface area contributed by atoms with E-state index in [0.29, 0.717) is 25.8 Å². The largest absolute Gasteiger partial charge is 0.481 e. The number of benzene rings is 3. The molecule has 0 heterocycles. The van der Waals surface area contributed by atoms with Gasteiger partial charge in [0.15, 0.2) is 0 Å². The minimum absolute atomic E-state index is 0.0793. The molecule has 0 fully saturated rings. The van der Waals surface area contributed by atoms with Crippen LogP contribution in [0.15, 0.2) is 78.9 Å². The molecule has 3 atom stereocenters. The van der Waals surface area contributed by atoms with Crippen LogP contribution in [0.2, 0.25) is 0 Å². The van der Waals surface area contributed by atoms with Crippen molar-refractivity contribution in [1.82, 2.24) is 15.5 Å². The zero-order valence-electron chi connectivity index (χ0n) is 24.6. The molecule has 3 N–H and O–H groups in total. The van der Waals surface area contributed by atoms with Gasteiger partial charge in [0, 0.05) is 25.0 Å². The number of carboxylic acid groups (broad SMARTS) is 1. The van der Waals surface area contributed by atoms with Gasteiger partial charge in [0.2, 0.25) is 5.91 Å². The minimum atomic E-state index is -0.838. The van der Waals surface area contributed by atoms with Crippen LogP contribution >= 0.6 is 0 Å². The van der Waals surface area contributed by atoms with E-state index >= 15 is 0 Å². The average Bonchev–Trinajstić information content (AvgIpc) is 3.29. The van der Waals surface area contributed by atoms with Crippen molar-refractivity contribution >= 4 is 18.0 Å².